The standard InChI is InChI=1S/C19H22N4O3.ClH/c1-20-4-2-3-11-5-14-16(22-9-11)23-18(26)19(14)7-12-6-13(17(24)25)10-21-15(12)8-19;/h2-3,6,10-11,20,22H,4-5,7-9H2,1H3,(H,23,26)(H,24,25);1H/b3-2+;/t11?,19-;/m0./s1. The van der Waals surface area contributed by atoms with E-state index in [1.165, 1.54) is 6.20 Å². The molecule has 1 spiro atoms. The number of halogens is 1. The number of carboxylic acids is 1. The maximum atomic E-state index is 12.9. The Kier molecular flexibility index (Phi) is 5.26. The summed E-state index contributed by atoms with van der Waals surface area (Å²) in [6, 6.07) is 1.66. The van der Waals surface area contributed by atoms with E-state index in [0.717, 1.165) is 42.2 Å². The number of nitrogens with zero attached hydrogens (tertiary/aromatic N) is 1. The second kappa shape index (κ2) is 7.32. The Bertz CT molecular complexity index is 851. The number of hydrogen-bond donors (Lipinski definition) is 4. The SMILES string of the molecule is CNC/C=C/C1CNC2=C(C1)[C@@]1(Cc3cc(C(=O)O)cnc3C1)C(=O)N2.Cl. The van der Waals surface area contributed by atoms with Gasteiger partial charge in [0.05, 0.1) is 11.0 Å². The number of pyridine rings is 1. The number of carbonyl (C=O) groups is 2. The van der Waals surface area contributed by atoms with E-state index in [-0.39, 0.29) is 23.9 Å². The number of rotatable bonds is 4. The minimum Gasteiger partial charge on any atom is -0.478 e. The lowest BCUT2D eigenvalue weighted by Crippen LogP contribution is -2.35. The summed E-state index contributed by atoms with van der Waals surface area (Å²) in [5.74, 6) is 0.160. The molecule has 1 aromatic rings. The maximum Gasteiger partial charge on any atom is 0.337 e. The fourth-order valence-electron chi connectivity index (χ4n) is 4.23. The highest BCUT2D eigenvalue weighted by Crippen LogP contribution is 2.49. The van der Waals surface area contributed by atoms with Crippen LogP contribution >= 0.6 is 12.4 Å². The van der Waals surface area contributed by atoms with Gasteiger partial charge in [-0.05, 0) is 43.0 Å². The smallest absolute Gasteiger partial charge is 0.337 e. The lowest BCUT2D eigenvalue weighted by Gasteiger charge is -2.29. The van der Waals surface area contributed by atoms with Gasteiger partial charge in [-0.1, -0.05) is 12.2 Å². The third kappa shape index (κ3) is 3.21. The summed E-state index contributed by atoms with van der Waals surface area (Å²) in [5, 5.41) is 18.6. The molecule has 144 valence electrons. The maximum absolute atomic E-state index is 12.9. The monoisotopic (exact) mass is 390 g/mol. The van der Waals surface area contributed by atoms with Gasteiger partial charge in [0, 0.05) is 31.4 Å². The normalized spacial score (nSPS) is 25.8. The molecule has 7 nitrogen and oxygen atoms in total. The molecule has 0 saturated carbocycles. The zero-order valence-corrected chi connectivity index (χ0v) is 15.9. The second-order valence-electron chi connectivity index (χ2n) is 7.21. The van der Waals surface area contributed by atoms with E-state index >= 15 is 0 Å². The van der Waals surface area contributed by atoms with E-state index in [4.69, 9.17) is 0 Å². The second-order valence-corrected chi connectivity index (χ2v) is 7.21. The van der Waals surface area contributed by atoms with Crippen LogP contribution in [0.4, 0.5) is 0 Å². The van der Waals surface area contributed by atoms with Gasteiger partial charge in [-0.2, -0.15) is 0 Å². The third-order valence-electron chi connectivity index (χ3n) is 5.56. The van der Waals surface area contributed by atoms with E-state index in [2.05, 4.69) is 33.1 Å². The third-order valence-corrected chi connectivity index (χ3v) is 5.56. The average molecular weight is 391 g/mol. The fraction of sp³-hybridized carbons (Fsp3) is 0.421. The molecule has 2 aliphatic heterocycles. The van der Waals surface area contributed by atoms with Crippen molar-refractivity contribution in [2.45, 2.75) is 19.3 Å². The summed E-state index contributed by atoms with van der Waals surface area (Å²) in [6.07, 6.45) is 7.54. The number of nitrogens with one attached hydrogen (secondary N) is 3. The first-order valence-electron chi connectivity index (χ1n) is 8.85. The molecule has 2 atom stereocenters. The number of carboxylic acid groups (broad SMARTS) is 1. The van der Waals surface area contributed by atoms with Crippen LogP contribution in [0.15, 0.2) is 35.8 Å². The molecule has 27 heavy (non-hydrogen) atoms. The van der Waals surface area contributed by atoms with Crippen molar-refractivity contribution in [1.82, 2.24) is 20.9 Å². The zero-order chi connectivity index (χ0) is 18.3. The van der Waals surface area contributed by atoms with Crippen LogP contribution in [0.1, 0.15) is 28.0 Å². The van der Waals surface area contributed by atoms with Crippen LogP contribution in [0.2, 0.25) is 0 Å². The van der Waals surface area contributed by atoms with Gasteiger partial charge in [-0.25, -0.2) is 4.79 Å². The van der Waals surface area contributed by atoms with Crippen molar-refractivity contribution in [3.63, 3.8) is 0 Å². The summed E-state index contributed by atoms with van der Waals surface area (Å²) >= 11 is 0. The Morgan fingerprint density at radius 1 is 1.48 bits per heavy atom. The first kappa shape index (κ1) is 19.4. The summed E-state index contributed by atoms with van der Waals surface area (Å²) in [4.78, 5) is 28.4. The van der Waals surface area contributed by atoms with Crippen LogP contribution in [0.5, 0.6) is 0 Å². The Hall–Kier alpha value is -2.38. The summed E-state index contributed by atoms with van der Waals surface area (Å²) in [7, 11) is 1.91. The minimum absolute atomic E-state index is 0. The van der Waals surface area contributed by atoms with Crippen molar-refractivity contribution in [1.29, 1.82) is 0 Å². The molecule has 1 aliphatic carbocycles. The highest BCUT2D eigenvalue weighted by Gasteiger charge is 2.53. The van der Waals surface area contributed by atoms with Gasteiger partial charge in [-0.3, -0.25) is 9.78 Å². The average Bonchev–Trinajstić information content (AvgIpc) is 3.13. The number of carbonyl (C=O) groups excluding carboxylic acids is 1. The van der Waals surface area contributed by atoms with Crippen molar-refractivity contribution in [3.8, 4) is 0 Å². The summed E-state index contributed by atoms with van der Waals surface area (Å²) < 4.78 is 0. The predicted molar refractivity (Wildman–Crippen MR) is 103 cm³/mol. The van der Waals surface area contributed by atoms with Crippen LogP contribution in [-0.2, 0) is 17.6 Å². The molecule has 8 heteroatoms. The highest BCUT2D eigenvalue weighted by atomic mass is 35.5. The molecule has 1 amide bonds. The van der Waals surface area contributed by atoms with Crippen LogP contribution < -0.4 is 16.0 Å². The van der Waals surface area contributed by atoms with E-state index < -0.39 is 11.4 Å². The lowest BCUT2D eigenvalue weighted by molar-refractivity contribution is -0.126. The number of aromatic nitrogens is 1. The number of aromatic carboxylic acids is 1. The Morgan fingerprint density at radius 3 is 3.04 bits per heavy atom. The first-order valence-corrected chi connectivity index (χ1v) is 8.85. The molecule has 0 bridgehead atoms. The lowest BCUT2D eigenvalue weighted by atomic mass is 9.74. The zero-order valence-electron chi connectivity index (χ0n) is 15.0. The molecule has 3 heterocycles. The summed E-state index contributed by atoms with van der Waals surface area (Å²) in [6.45, 7) is 1.61. The molecule has 1 aromatic heterocycles. The fourth-order valence-corrected chi connectivity index (χ4v) is 4.23. The van der Waals surface area contributed by atoms with Gasteiger partial charge in [-0.15, -0.1) is 12.4 Å². The van der Waals surface area contributed by atoms with Crippen LogP contribution in [0.3, 0.4) is 0 Å². The molecule has 3 aliphatic rings. The van der Waals surface area contributed by atoms with Crippen molar-refractivity contribution < 1.29 is 14.7 Å². The van der Waals surface area contributed by atoms with E-state index in [9.17, 15) is 14.7 Å². The van der Waals surface area contributed by atoms with Crippen molar-refractivity contribution in [2.24, 2.45) is 11.3 Å². The minimum atomic E-state index is -0.994. The number of amides is 1. The van der Waals surface area contributed by atoms with Gasteiger partial charge in [0.1, 0.15) is 5.82 Å². The van der Waals surface area contributed by atoms with Crippen molar-refractivity contribution in [2.75, 3.05) is 20.1 Å². The van der Waals surface area contributed by atoms with Gasteiger partial charge < -0.3 is 21.1 Å². The largest absolute Gasteiger partial charge is 0.478 e. The number of hydrogen-bond acceptors (Lipinski definition) is 5. The quantitative estimate of drug-likeness (QED) is 0.572. The Balaban J connectivity index is 0.00000210. The molecule has 0 aromatic carbocycles. The molecule has 0 fully saturated rings. The predicted octanol–water partition coefficient (Wildman–Crippen LogP) is 1.01. The van der Waals surface area contributed by atoms with Gasteiger partial charge in [0.2, 0.25) is 5.91 Å². The molecule has 0 radical (unpaired) electrons. The van der Waals surface area contributed by atoms with Crippen LogP contribution in [0.25, 0.3) is 0 Å². The molecule has 1 unspecified atom stereocenters. The van der Waals surface area contributed by atoms with Crippen LogP contribution in [0, 0.1) is 11.3 Å². The van der Waals surface area contributed by atoms with Crippen molar-refractivity contribution >= 4 is 24.3 Å². The Labute approximate surface area is 163 Å². The molecular weight excluding hydrogens is 368 g/mol. The summed E-state index contributed by atoms with van der Waals surface area (Å²) in [5.41, 5.74) is 2.32. The Morgan fingerprint density at radius 2 is 2.30 bits per heavy atom. The molecule has 0 saturated heterocycles. The number of likely N-dealkylation sites (N-methyl/N-ethyl adjacent to an activating group) is 1. The highest BCUT2D eigenvalue weighted by molar-refractivity contribution is 5.93. The van der Waals surface area contributed by atoms with Gasteiger partial charge in [0.25, 0.3) is 0 Å². The van der Waals surface area contributed by atoms with E-state index in [0.29, 0.717) is 18.8 Å². The van der Waals surface area contributed by atoms with Crippen molar-refractivity contribution in [3.05, 3.63) is 52.6 Å². The van der Waals surface area contributed by atoms with Gasteiger partial charge >= 0.3 is 5.97 Å². The number of fused-ring (bicyclic) bond motifs is 2. The molecule has 4 rings (SSSR count). The van der Waals surface area contributed by atoms with Crippen LogP contribution in [-0.4, -0.2) is 42.1 Å². The van der Waals surface area contributed by atoms with Gasteiger partial charge in [0.15, 0.2) is 0 Å². The van der Waals surface area contributed by atoms with E-state index in [1.807, 2.05) is 7.05 Å². The van der Waals surface area contributed by atoms with E-state index in [1.54, 1.807) is 6.07 Å². The molecular formula is C19H23ClN4O3. The molecule has 4 N–H and O–H groups in total. The first-order chi connectivity index (χ1) is 12.5. The topological polar surface area (TPSA) is 103 Å².